The summed E-state index contributed by atoms with van der Waals surface area (Å²) in [6.45, 7) is 1.79. The first-order valence-electron chi connectivity index (χ1n) is 6.63. The van der Waals surface area contributed by atoms with Gasteiger partial charge >= 0.3 is 0 Å². The van der Waals surface area contributed by atoms with Crippen molar-refractivity contribution in [3.63, 3.8) is 0 Å². The smallest absolute Gasteiger partial charge is 0.124 e. The molecule has 0 unspecified atom stereocenters. The minimum atomic E-state index is 0.508. The maximum Gasteiger partial charge on any atom is 0.124 e. The van der Waals surface area contributed by atoms with Crippen molar-refractivity contribution in [1.29, 1.82) is 0 Å². The average molecular weight is 415 g/mol. The van der Waals surface area contributed by atoms with E-state index in [2.05, 4.69) is 43.2 Å². The quantitative estimate of drug-likeness (QED) is 0.681. The van der Waals surface area contributed by atoms with E-state index in [0.29, 0.717) is 13.2 Å². The van der Waals surface area contributed by atoms with Crippen molar-refractivity contribution in [2.24, 2.45) is 0 Å². The molecule has 0 amide bonds. The minimum Gasteiger partial charge on any atom is -0.490 e. The topological polar surface area (TPSA) is 30.5 Å². The first-order chi connectivity index (χ1) is 10.2. The summed E-state index contributed by atoms with van der Waals surface area (Å²) in [6.07, 6.45) is 0. The molecule has 21 heavy (non-hydrogen) atoms. The fraction of sp³-hybridized carbons (Fsp3) is 0.250. The van der Waals surface area contributed by atoms with Crippen molar-refractivity contribution in [2.75, 3.05) is 20.3 Å². The van der Waals surface area contributed by atoms with Gasteiger partial charge in [0.25, 0.3) is 0 Å². The molecule has 0 radical (unpaired) electrons. The van der Waals surface area contributed by atoms with Gasteiger partial charge in [0.1, 0.15) is 24.7 Å². The van der Waals surface area contributed by atoms with Gasteiger partial charge in [0.05, 0.1) is 0 Å². The van der Waals surface area contributed by atoms with Crippen LogP contribution in [0.25, 0.3) is 0 Å². The molecule has 0 bridgehead atoms. The third-order valence-electron chi connectivity index (χ3n) is 2.81. The lowest BCUT2D eigenvalue weighted by molar-refractivity contribution is 0.215. The van der Waals surface area contributed by atoms with Crippen molar-refractivity contribution in [1.82, 2.24) is 5.32 Å². The SMILES string of the molecule is CNCc1cc(Br)ccc1OCCOc1ccc(Br)cc1. The van der Waals surface area contributed by atoms with E-state index < -0.39 is 0 Å². The second-order valence-corrected chi connectivity index (χ2v) is 6.26. The van der Waals surface area contributed by atoms with Crippen LogP contribution >= 0.6 is 31.9 Å². The lowest BCUT2D eigenvalue weighted by Crippen LogP contribution is -2.12. The first-order valence-corrected chi connectivity index (χ1v) is 8.22. The van der Waals surface area contributed by atoms with Crippen LogP contribution in [-0.2, 0) is 6.54 Å². The Morgan fingerprint density at radius 3 is 2.29 bits per heavy atom. The van der Waals surface area contributed by atoms with E-state index in [4.69, 9.17) is 9.47 Å². The molecule has 0 aliphatic rings. The van der Waals surface area contributed by atoms with Crippen LogP contribution in [0.1, 0.15) is 5.56 Å². The molecule has 2 aromatic rings. The van der Waals surface area contributed by atoms with Gasteiger partial charge in [-0.05, 0) is 49.5 Å². The van der Waals surface area contributed by atoms with E-state index in [1.54, 1.807) is 0 Å². The highest BCUT2D eigenvalue weighted by molar-refractivity contribution is 9.10. The fourth-order valence-corrected chi connectivity index (χ4v) is 2.53. The maximum absolute atomic E-state index is 5.80. The van der Waals surface area contributed by atoms with Gasteiger partial charge in [-0.15, -0.1) is 0 Å². The van der Waals surface area contributed by atoms with Crippen LogP contribution in [0.3, 0.4) is 0 Å². The summed E-state index contributed by atoms with van der Waals surface area (Å²) >= 11 is 6.87. The van der Waals surface area contributed by atoms with E-state index in [9.17, 15) is 0 Å². The molecule has 3 nitrogen and oxygen atoms in total. The fourth-order valence-electron chi connectivity index (χ4n) is 1.86. The Morgan fingerprint density at radius 1 is 0.905 bits per heavy atom. The van der Waals surface area contributed by atoms with Gasteiger partial charge in [0.15, 0.2) is 0 Å². The molecule has 0 aliphatic carbocycles. The average Bonchev–Trinajstić information content (AvgIpc) is 2.48. The van der Waals surface area contributed by atoms with Gasteiger partial charge in [0.2, 0.25) is 0 Å². The van der Waals surface area contributed by atoms with Crippen molar-refractivity contribution in [3.05, 3.63) is 57.0 Å². The predicted molar refractivity (Wildman–Crippen MR) is 92.0 cm³/mol. The van der Waals surface area contributed by atoms with Crippen molar-refractivity contribution >= 4 is 31.9 Å². The van der Waals surface area contributed by atoms with E-state index in [1.807, 2.05) is 43.4 Å². The van der Waals surface area contributed by atoms with Gasteiger partial charge in [-0.2, -0.15) is 0 Å². The molecular formula is C16H17Br2NO2. The number of halogens is 2. The van der Waals surface area contributed by atoms with Crippen LogP contribution in [-0.4, -0.2) is 20.3 Å². The zero-order valence-corrected chi connectivity index (χ0v) is 14.9. The summed E-state index contributed by atoms with van der Waals surface area (Å²) in [7, 11) is 1.92. The van der Waals surface area contributed by atoms with Gasteiger partial charge in [0, 0.05) is 21.1 Å². The summed E-state index contributed by atoms with van der Waals surface area (Å²) < 4.78 is 13.5. The van der Waals surface area contributed by atoms with Crippen LogP contribution in [0.4, 0.5) is 0 Å². The van der Waals surface area contributed by atoms with Gasteiger partial charge in [-0.1, -0.05) is 31.9 Å². The number of ether oxygens (including phenoxy) is 2. The lowest BCUT2D eigenvalue weighted by Gasteiger charge is -2.12. The Hall–Kier alpha value is -1.04. The van der Waals surface area contributed by atoms with Crippen molar-refractivity contribution in [2.45, 2.75) is 6.54 Å². The second-order valence-electron chi connectivity index (χ2n) is 4.43. The Morgan fingerprint density at radius 2 is 1.57 bits per heavy atom. The highest BCUT2D eigenvalue weighted by Crippen LogP contribution is 2.23. The van der Waals surface area contributed by atoms with Crippen molar-refractivity contribution < 1.29 is 9.47 Å². The van der Waals surface area contributed by atoms with E-state index in [1.165, 1.54) is 0 Å². The highest BCUT2D eigenvalue weighted by Gasteiger charge is 2.04. The summed E-state index contributed by atoms with van der Waals surface area (Å²) in [6, 6.07) is 13.8. The molecule has 0 saturated heterocycles. The zero-order valence-electron chi connectivity index (χ0n) is 11.7. The maximum atomic E-state index is 5.80. The van der Waals surface area contributed by atoms with Crippen LogP contribution in [0.5, 0.6) is 11.5 Å². The molecule has 2 aromatic carbocycles. The monoisotopic (exact) mass is 413 g/mol. The number of benzene rings is 2. The molecule has 0 atom stereocenters. The normalized spacial score (nSPS) is 10.4. The Bertz CT molecular complexity index is 573. The largest absolute Gasteiger partial charge is 0.490 e. The zero-order chi connectivity index (χ0) is 15.1. The molecule has 1 N–H and O–H groups in total. The van der Waals surface area contributed by atoms with Crippen LogP contribution in [0.2, 0.25) is 0 Å². The first kappa shape index (κ1) is 16.3. The third-order valence-corrected chi connectivity index (χ3v) is 3.83. The lowest BCUT2D eigenvalue weighted by atomic mass is 10.2. The molecule has 112 valence electrons. The predicted octanol–water partition coefficient (Wildman–Crippen LogP) is 4.39. The molecule has 5 heteroatoms. The number of hydrogen-bond acceptors (Lipinski definition) is 3. The van der Waals surface area contributed by atoms with Crippen LogP contribution in [0, 0.1) is 0 Å². The summed E-state index contributed by atoms with van der Waals surface area (Å²) in [5.41, 5.74) is 1.12. The Balaban J connectivity index is 1.84. The third kappa shape index (κ3) is 5.34. The molecule has 0 spiro atoms. The van der Waals surface area contributed by atoms with E-state index in [-0.39, 0.29) is 0 Å². The highest BCUT2D eigenvalue weighted by atomic mass is 79.9. The molecule has 0 aromatic heterocycles. The van der Waals surface area contributed by atoms with E-state index in [0.717, 1.165) is 32.6 Å². The Kier molecular flexibility index (Phi) is 6.54. The van der Waals surface area contributed by atoms with Crippen LogP contribution < -0.4 is 14.8 Å². The molecule has 0 saturated carbocycles. The Labute approximate surface area is 141 Å². The second kappa shape index (κ2) is 8.41. The summed E-state index contributed by atoms with van der Waals surface area (Å²) in [5.74, 6) is 1.72. The number of rotatable bonds is 7. The van der Waals surface area contributed by atoms with Gasteiger partial charge in [-0.3, -0.25) is 0 Å². The van der Waals surface area contributed by atoms with E-state index >= 15 is 0 Å². The number of nitrogens with one attached hydrogen (secondary N) is 1. The number of hydrogen-bond donors (Lipinski definition) is 1. The summed E-state index contributed by atoms with van der Waals surface area (Å²) in [5, 5.41) is 3.14. The molecular weight excluding hydrogens is 398 g/mol. The molecule has 0 heterocycles. The van der Waals surface area contributed by atoms with Crippen molar-refractivity contribution in [3.8, 4) is 11.5 Å². The molecule has 0 aliphatic heterocycles. The molecule has 0 fully saturated rings. The molecule has 2 rings (SSSR count). The standard InChI is InChI=1S/C16H17Br2NO2/c1-19-11-12-10-14(18)4-7-16(12)21-9-8-20-15-5-2-13(17)3-6-15/h2-7,10,19H,8-9,11H2,1H3. The summed E-state index contributed by atoms with van der Waals surface area (Å²) in [4.78, 5) is 0. The minimum absolute atomic E-state index is 0.508. The van der Waals surface area contributed by atoms with Gasteiger partial charge < -0.3 is 14.8 Å². The van der Waals surface area contributed by atoms with Crippen LogP contribution in [0.15, 0.2) is 51.4 Å². The van der Waals surface area contributed by atoms with Gasteiger partial charge in [-0.25, -0.2) is 0 Å².